The molecule has 0 N–H and O–H groups in total. The highest BCUT2D eigenvalue weighted by atomic mass is 32.1. The summed E-state index contributed by atoms with van der Waals surface area (Å²) in [5, 5.41) is 0. The van der Waals surface area contributed by atoms with Gasteiger partial charge in [0, 0.05) is 30.7 Å². The predicted octanol–water partition coefficient (Wildman–Crippen LogP) is 3.66. The summed E-state index contributed by atoms with van der Waals surface area (Å²) in [6.07, 6.45) is 4.05. The standard InChI is InChI=1S/C19H22N2O4S/c1-11-14(12(2)26-16(11)18-21-7-10-25-18)15(23)17(20-4)19(13(3)22)5-8-24-9-6-19/h7,10H,5-6,8-9H2,1-4H3. The normalized spacial score (nSPS) is 17.3. The van der Waals surface area contributed by atoms with Crippen LogP contribution in [0.5, 0.6) is 0 Å². The first-order valence-corrected chi connectivity index (χ1v) is 9.34. The molecule has 3 heterocycles. The van der Waals surface area contributed by atoms with Crippen molar-refractivity contribution in [2.75, 3.05) is 20.3 Å². The predicted molar refractivity (Wildman–Crippen MR) is 100 cm³/mol. The fourth-order valence-electron chi connectivity index (χ4n) is 3.65. The van der Waals surface area contributed by atoms with Crippen LogP contribution in [-0.2, 0) is 9.53 Å². The van der Waals surface area contributed by atoms with Crippen LogP contribution in [0, 0.1) is 19.3 Å². The Balaban J connectivity index is 2.06. The lowest BCUT2D eigenvalue weighted by Crippen LogP contribution is -2.46. The molecule has 0 radical (unpaired) electrons. The SMILES string of the molecule is CN=C(C(=O)c1c(C)sc(-c2ncco2)c1C)C1(C(C)=O)CCOCC1. The summed E-state index contributed by atoms with van der Waals surface area (Å²) in [5.74, 6) is 0.277. The van der Waals surface area contributed by atoms with Crippen LogP contribution in [0.4, 0.5) is 0 Å². The molecule has 7 heteroatoms. The van der Waals surface area contributed by atoms with E-state index in [2.05, 4.69) is 9.98 Å². The number of thiophene rings is 1. The van der Waals surface area contributed by atoms with E-state index in [-0.39, 0.29) is 11.6 Å². The average Bonchev–Trinajstić information content (AvgIpc) is 3.24. The van der Waals surface area contributed by atoms with Crippen molar-refractivity contribution in [3.05, 3.63) is 28.5 Å². The van der Waals surface area contributed by atoms with Gasteiger partial charge >= 0.3 is 0 Å². The van der Waals surface area contributed by atoms with E-state index in [0.29, 0.717) is 43.2 Å². The van der Waals surface area contributed by atoms with Crippen molar-refractivity contribution in [1.82, 2.24) is 4.98 Å². The van der Waals surface area contributed by atoms with E-state index in [1.54, 1.807) is 13.2 Å². The maximum atomic E-state index is 13.4. The Labute approximate surface area is 156 Å². The smallest absolute Gasteiger partial charge is 0.236 e. The zero-order chi connectivity index (χ0) is 18.9. The van der Waals surface area contributed by atoms with E-state index < -0.39 is 5.41 Å². The lowest BCUT2D eigenvalue weighted by Gasteiger charge is -2.35. The highest BCUT2D eigenvalue weighted by molar-refractivity contribution is 7.16. The van der Waals surface area contributed by atoms with E-state index in [1.165, 1.54) is 24.5 Å². The maximum Gasteiger partial charge on any atom is 0.236 e. The van der Waals surface area contributed by atoms with Gasteiger partial charge in [0.25, 0.3) is 0 Å². The molecular formula is C19H22N2O4S. The number of aryl methyl sites for hydroxylation is 1. The molecule has 1 saturated heterocycles. The van der Waals surface area contributed by atoms with Crippen molar-refractivity contribution in [1.29, 1.82) is 0 Å². The number of carbonyl (C=O) groups is 2. The minimum Gasteiger partial charge on any atom is -0.444 e. The first-order chi connectivity index (χ1) is 12.4. The van der Waals surface area contributed by atoms with Gasteiger partial charge in [0.1, 0.15) is 12.0 Å². The number of Topliss-reactive ketones (excluding diaryl/α,β-unsaturated/α-hetero) is 2. The Bertz CT molecular complexity index is 858. The molecule has 26 heavy (non-hydrogen) atoms. The van der Waals surface area contributed by atoms with Gasteiger partial charge in [0.15, 0.2) is 0 Å². The molecule has 0 aromatic carbocycles. The van der Waals surface area contributed by atoms with Gasteiger partial charge in [-0.3, -0.25) is 14.6 Å². The fourth-order valence-corrected chi connectivity index (χ4v) is 4.75. The molecule has 138 valence electrons. The fraction of sp³-hybridized carbons (Fsp3) is 0.474. The lowest BCUT2D eigenvalue weighted by molar-refractivity contribution is -0.126. The van der Waals surface area contributed by atoms with E-state index in [4.69, 9.17) is 9.15 Å². The third-order valence-electron chi connectivity index (χ3n) is 5.09. The van der Waals surface area contributed by atoms with Crippen LogP contribution < -0.4 is 0 Å². The van der Waals surface area contributed by atoms with E-state index in [9.17, 15) is 9.59 Å². The topological polar surface area (TPSA) is 81.8 Å². The van der Waals surface area contributed by atoms with Crippen LogP contribution in [0.25, 0.3) is 10.8 Å². The van der Waals surface area contributed by atoms with Gasteiger partial charge in [-0.1, -0.05) is 0 Å². The van der Waals surface area contributed by atoms with Crippen LogP contribution >= 0.6 is 11.3 Å². The molecule has 1 fully saturated rings. The second-order valence-corrected chi connectivity index (χ2v) is 7.70. The van der Waals surface area contributed by atoms with Crippen LogP contribution in [0.1, 0.15) is 40.6 Å². The van der Waals surface area contributed by atoms with Crippen molar-refractivity contribution in [3.63, 3.8) is 0 Å². The summed E-state index contributed by atoms with van der Waals surface area (Å²) >= 11 is 1.47. The number of hydrogen-bond acceptors (Lipinski definition) is 7. The molecular weight excluding hydrogens is 352 g/mol. The molecule has 0 amide bonds. The molecule has 2 aromatic heterocycles. The highest BCUT2D eigenvalue weighted by Gasteiger charge is 2.45. The van der Waals surface area contributed by atoms with Gasteiger partial charge in [-0.2, -0.15) is 0 Å². The molecule has 2 aromatic rings. The van der Waals surface area contributed by atoms with Crippen molar-refractivity contribution < 1.29 is 18.7 Å². The summed E-state index contributed by atoms with van der Waals surface area (Å²) in [6.45, 7) is 6.22. The number of oxazole rings is 1. The number of rotatable bonds is 5. The third kappa shape index (κ3) is 2.95. The number of nitrogens with zero attached hydrogens (tertiary/aromatic N) is 2. The minimum absolute atomic E-state index is 0.0341. The first-order valence-electron chi connectivity index (χ1n) is 8.53. The minimum atomic E-state index is -0.867. The molecule has 1 aliphatic heterocycles. The van der Waals surface area contributed by atoms with Gasteiger partial charge in [0.2, 0.25) is 11.7 Å². The molecule has 0 bridgehead atoms. The van der Waals surface area contributed by atoms with Crippen molar-refractivity contribution in [2.24, 2.45) is 10.4 Å². The summed E-state index contributed by atoms with van der Waals surface area (Å²) in [7, 11) is 1.58. The molecule has 0 atom stereocenters. The molecule has 0 spiro atoms. The summed E-state index contributed by atoms with van der Waals surface area (Å²) in [4.78, 5) is 36.1. The number of hydrogen-bond donors (Lipinski definition) is 0. The molecule has 6 nitrogen and oxygen atoms in total. The highest BCUT2D eigenvalue weighted by Crippen LogP contribution is 2.39. The van der Waals surface area contributed by atoms with Crippen molar-refractivity contribution in [2.45, 2.75) is 33.6 Å². The molecule has 0 unspecified atom stereocenters. The quantitative estimate of drug-likeness (QED) is 0.589. The van der Waals surface area contributed by atoms with Crippen molar-refractivity contribution >= 4 is 28.6 Å². The molecule has 0 saturated carbocycles. The van der Waals surface area contributed by atoms with Crippen LogP contribution in [0.2, 0.25) is 0 Å². The van der Waals surface area contributed by atoms with Gasteiger partial charge in [-0.05, 0) is 39.2 Å². The third-order valence-corrected chi connectivity index (χ3v) is 6.28. The zero-order valence-electron chi connectivity index (χ0n) is 15.4. The Morgan fingerprint density at radius 1 is 1.27 bits per heavy atom. The number of ketones is 2. The van der Waals surface area contributed by atoms with Crippen LogP contribution in [-0.4, -0.2) is 42.5 Å². The summed E-state index contributed by atoms with van der Waals surface area (Å²) < 4.78 is 10.8. The number of ether oxygens (including phenoxy) is 1. The Morgan fingerprint density at radius 2 is 1.96 bits per heavy atom. The molecule has 3 rings (SSSR count). The zero-order valence-corrected chi connectivity index (χ0v) is 16.2. The number of carbonyl (C=O) groups excluding carboxylic acids is 2. The van der Waals surface area contributed by atoms with E-state index in [0.717, 1.165) is 15.3 Å². The van der Waals surface area contributed by atoms with Gasteiger partial charge < -0.3 is 9.15 Å². The summed E-state index contributed by atoms with van der Waals surface area (Å²) in [5.41, 5.74) is 0.868. The number of aromatic nitrogens is 1. The largest absolute Gasteiger partial charge is 0.444 e. The lowest BCUT2D eigenvalue weighted by atomic mass is 9.70. The second kappa shape index (κ2) is 7.25. The van der Waals surface area contributed by atoms with Gasteiger partial charge in [-0.15, -0.1) is 11.3 Å². The first kappa shape index (κ1) is 18.7. The Kier molecular flexibility index (Phi) is 5.20. The van der Waals surface area contributed by atoms with Crippen LogP contribution in [0.3, 0.4) is 0 Å². The molecule has 0 aliphatic carbocycles. The second-order valence-electron chi connectivity index (χ2n) is 6.48. The molecule has 1 aliphatic rings. The number of aliphatic imine (C=N–C) groups is 1. The van der Waals surface area contributed by atoms with Crippen LogP contribution in [0.15, 0.2) is 21.9 Å². The average molecular weight is 374 g/mol. The summed E-state index contributed by atoms with van der Waals surface area (Å²) in [6, 6.07) is 0. The van der Waals surface area contributed by atoms with E-state index in [1.807, 2.05) is 13.8 Å². The van der Waals surface area contributed by atoms with Gasteiger partial charge in [0.05, 0.1) is 22.2 Å². The Hall–Kier alpha value is -2.12. The van der Waals surface area contributed by atoms with Crippen molar-refractivity contribution in [3.8, 4) is 10.8 Å². The monoisotopic (exact) mass is 374 g/mol. The maximum absolute atomic E-state index is 13.4. The van der Waals surface area contributed by atoms with E-state index >= 15 is 0 Å². The Morgan fingerprint density at radius 3 is 2.50 bits per heavy atom. The van der Waals surface area contributed by atoms with Gasteiger partial charge in [-0.25, -0.2) is 4.98 Å².